The molecule has 0 fully saturated rings. The molecule has 0 saturated heterocycles. The molecular weight excluding hydrogens is 401 g/mol. The number of hydrogen-bond donors (Lipinski definition) is 2. The van der Waals surface area contributed by atoms with Crippen LogP contribution in [-0.2, 0) is 0 Å². The summed E-state index contributed by atoms with van der Waals surface area (Å²) in [5.74, 6) is -0.209. The van der Waals surface area contributed by atoms with Gasteiger partial charge in [0.15, 0.2) is 17.7 Å². The monoisotopic (exact) mass is 419 g/mol. The third-order valence-electron chi connectivity index (χ3n) is 4.49. The number of hydrogen-bond acceptors (Lipinski definition) is 4. The first kappa shape index (κ1) is 19.7. The maximum Gasteiger partial charge on any atom is 0.167 e. The summed E-state index contributed by atoms with van der Waals surface area (Å²) in [6.45, 7) is 0. The molecule has 1 aliphatic heterocycles. The average molecular weight is 420 g/mol. The number of nitrogens with two attached hydrogens (primary N) is 1. The number of rotatable bonds is 5. The number of benzene rings is 3. The molecule has 3 N–H and O–H groups in total. The van der Waals surface area contributed by atoms with Gasteiger partial charge in [-0.3, -0.25) is 4.99 Å². The van der Waals surface area contributed by atoms with Crippen molar-refractivity contribution in [2.75, 3.05) is 5.73 Å². The molecule has 4 nitrogen and oxygen atoms in total. The Morgan fingerprint density at radius 2 is 1.60 bits per heavy atom. The van der Waals surface area contributed by atoms with Gasteiger partial charge in [0.1, 0.15) is 10.8 Å². The number of aliphatic imine (C=N–C) groups is 1. The Balaban J connectivity index is 1.70. The molecule has 3 aromatic carbocycles. The summed E-state index contributed by atoms with van der Waals surface area (Å²) < 4.78 is 19.8. The van der Waals surface area contributed by atoms with Crippen LogP contribution in [-0.4, -0.2) is 11.9 Å². The van der Waals surface area contributed by atoms with E-state index >= 15 is 0 Å². The van der Waals surface area contributed by atoms with Crippen molar-refractivity contribution in [3.63, 3.8) is 0 Å². The van der Waals surface area contributed by atoms with Gasteiger partial charge < -0.3 is 15.8 Å². The van der Waals surface area contributed by atoms with Gasteiger partial charge in [-0.15, -0.1) is 0 Å². The highest BCUT2D eigenvalue weighted by Gasteiger charge is 2.21. The number of nitrogens with one attached hydrogen (secondary N) is 1. The van der Waals surface area contributed by atoms with Crippen molar-refractivity contribution in [1.82, 2.24) is 5.32 Å². The van der Waals surface area contributed by atoms with Crippen LogP contribution in [0, 0.1) is 5.82 Å². The van der Waals surface area contributed by atoms with Crippen molar-refractivity contribution in [1.29, 1.82) is 0 Å². The Morgan fingerprint density at radius 3 is 2.20 bits per heavy atom. The van der Waals surface area contributed by atoms with E-state index in [1.165, 1.54) is 12.1 Å². The molecule has 3 aromatic rings. The standard InChI is InChI=1S/C24H19ClFN3O/c25-22-21(30-20-12-11-18(27)15-19(20)26)13-14-28-24(22)29-23(16-7-3-1-4-8-16)17-9-5-2-6-10-17/h1-15,24,28H,27H2. The molecule has 0 spiro atoms. The zero-order valence-corrected chi connectivity index (χ0v) is 16.7. The molecule has 1 heterocycles. The number of ether oxygens (including phenoxy) is 1. The number of nitrogens with zero attached hydrogens (tertiary/aromatic N) is 1. The largest absolute Gasteiger partial charge is 0.453 e. The van der Waals surface area contributed by atoms with E-state index in [1.54, 1.807) is 18.3 Å². The molecule has 0 saturated carbocycles. The lowest BCUT2D eigenvalue weighted by Crippen LogP contribution is -2.29. The Bertz CT molecular complexity index is 1090. The fourth-order valence-electron chi connectivity index (χ4n) is 3.03. The molecule has 30 heavy (non-hydrogen) atoms. The summed E-state index contributed by atoms with van der Waals surface area (Å²) in [7, 11) is 0. The van der Waals surface area contributed by atoms with E-state index in [-0.39, 0.29) is 5.75 Å². The van der Waals surface area contributed by atoms with Crippen LogP contribution < -0.4 is 15.8 Å². The van der Waals surface area contributed by atoms with E-state index in [4.69, 9.17) is 27.1 Å². The highest BCUT2D eigenvalue weighted by molar-refractivity contribution is 6.31. The molecule has 1 atom stereocenters. The SMILES string of the molecule is Nc1ccc(OC2=C(Cl)C(N=C(c3ccccc3)c3ccccc3)NC=C2)c(F)c1. The first-order valence-electron chi connectivity index (χ1n) is 9.35. The second kappa shape index (κ2) is 8.84. The van der Waals surface area contributed by atoms with Crippen molar-refractivity contribution in [2.24, 2.45) is 4.99 Å². The van der Waals surface area contributed by atoms with E-state index in [0.29, 0.717) is 16.5 Å². The van der Waals surface area contributed by atoms with Crippen LogP contribution in [0.5, 0.6) is 5.75 Å². The third kappa shape index (κ3) is 4.36. The van der Waals surface area contributed by atoms with Crippen LogP contribution in [0.4, 0.5) is 10.1 Å². The van der Waals surface area contributed by atoms with Gasteiger partial charge in [0.25, 0.3) is 0 Å². The van der Waals surface area contributed by atoms with Gasteiger partial charge >= 0.3 is 0 Å². The fraction of sp³-hybridized carbons (Fsp3) is 0.0417. The normalized spacial score (nSPS) is 15.5. The lowest BCUT2D eigenvalue weighted by atomic mass is 10.0. The lowest BCUT2D eigenvalue weighted by molar-refractivity contribution is 0.402. The number of dihydropyridines is 1. The van der Waals surface area contributed by atoms with Crippen LogP contribution in [0.3, 0.4) is 0 Å². The minimum atomic E-state index is -0.584. The van der Waals surface area contributed by atoms with Crippen molar-refractivity contribution >= 4 is 23.0 Å². The van der Waals surface area contributed by atoms with Gasteiger partial charge in [0.05, 0.1) is 5.71 Å². The molecule has 1 aliphatic rings. The Morgan fingerprint density at radius 1 is 0.967 bits per heavy atom. The van der Waals surface area contributed by atoms with Gasteiger partial charge in [-0.1, -0.05) is 72.3 Å². The Kier molecular flexibility index (Phi) is 5.82. The molecule has 4 rings (SSSR count). The molecule has 0 bridgehead atoms. The maximum absolute atomic E-state index is 14.1. The van der Waals surface area contributed by atoms with E-state index in [9.17, 15) is 4.39 Å². The molecule has 6 heteroatoms. The van der Waals surface area contributed by atoms with Gasteiger partial charge in [0.2, 0.25) is 0 Å². The summed E-state index contributed by atoms with van der Waals surface area (Å²) in [4.78, 5) is 4.86. The Labute approximate surface area is 179 Å². The van der Waals surface area contributed by atoms with Crippen LogP contribution in [0.15, 0.2) is 107 Å². The number of halogens is 2. The van der Waals surface area contributed by atoms with Gasteiger partial charge in [-0.25, -0.2) is 4.39 Å². The van der Waals surface area contributed by atoms with Gasteiger partial charge in [-0.2, -0.15) is 0 Å². The first-order valence-corrected chi connectivity index (χ1v) is 9.73. The lowest BCUT2D eigenvalue weighted by Gasteiger charge is -2.21. The predicted molar refractivity (Wildman–Crippen MR) is 119 cm³/mol. The van der Waals surface area contributed by atoms with Gasteiger partial charge in [0, 0.05) is 29.1 Å². The maximum atomic E-state index is 14.1. The molecule has 0 radical (unpaired) electrons. The van der Waals surface area contributed by atoms with E-state index in [2.05, 4.69) is 5.32 Å². The van der Waals surface area contributed by atoms with Crippen molar-refractivity contribution < 1.29 is 9.13 Å². The number of anilines is 1. The van der Waals surface area contributed by atoms with Gasteiger partial charge in [-0.05, 0) is 18.2 Å². The van der Waals surface area contributed by atoms with Crippen LogP contribution in [0.1, 0.15) is 11.1 Å². The van der Waals surface area contributed by atoms with Crippen molar-refractivity contribution in [3.8, 4) is 5.75 Å². The van der Waals surface area contributed by atoms with E-state index < -0.39 is 12.0 Å². The Hall–Kier alpha value is -3.57. The van der Waals surface area contributed by atoms with Crippen LogP contribution >= 0.6 is 11.6 Å². The second-order valence-corrected chi connectivity index (χ2v) is 7.02. The fourth-order valence-corrected chi connectivity index (χ4v) is 3.25. The molecule has 0 aliphatic carbocycles. The second-order valence-electron chi connectivity index (χ2n) is 6.62. The molecule has 0 aromatic heterocycles. The smallest absolute Gasteiger partial charge is 0.167 e. The molecule has 1 unspecified atom stereocenters. The quantitative estimate of drug-likeness (QED) is 0.440. The van der Waals surface area contributed by atoms with Crippen molar-refractivity contribution in [3.05, 3.63) is 119 Å². The minimum Gasteiger partial charge on any atom is -0.453 e. The number of allylic oxidation sites excluding steroid dienone is 1. The topological polar surface area (TPSA) is 59.6 Å². The molecular formula is C24H19ClFN3O. The minimum absolute atomic E-state index is 0.0398. The van der Waals surface area contributed by atoms with E-state index in [0.717, 1.165) is 16.8 Å². The summed E-state index contributed by atoms with van der Waals surface area (Å²) >= 11 is 6.59. The highest BCUT2D eigenvalue weighted by Crippen LogP contribution is 2.27. The molecule has 150 valence electrons. The van der Waals surface area contributed by atoms with Crippen LogP contribution in [0.2, 0.25) is 0 Å². The zero-order chi connectivity index (χ0) is 20.9. The number of nitrogen functional groups attached to an aromatic ring is 1. The predicted octanol–water partition coefficient (Wildman–Crippen LogP) is 5.22. The zero-order valence-electron chi connectivity index (χ0n) is 15.9. The highest BCUT2D eigenvalue weighted by atomic mass is 35.5. The summed E-state index contributed by atoms with van der Waals surface area (Å²) in [5, 5.41) is 3.44. The first-order chi connectivity index (χ1) is 14.6. The summed E-state index contributed by atoms with van der Waals surface area (Å²) in [6, 6.07) is 23.9. The third-order valence-corrected chi connectivity index (χ3v) is 4.89. The summed E-state index contributed by atoms with van der Waals surface area (Å²) in [5.41, 5.74) is 8.61. The molecule has 0 amide bonds. The van der Waals surface area contributed by atoms with E-state index in [1.807, 2.05) is 60.7 Å². The summed E-state index contributed by atoms with van der Waals surface area (Å²) in [6.07, 6.45) is 2.73. The van der Waals surface area contributed by atoms with Crippen LogP contribution in [0.25, 0.3) is 0 Å². The van der Waals surface area contributed by atoms with Crippen molar-refractivity contribution in [2.45, 2.75) is 6.17 Å². The average Bonchev–Trinajstić information content (AvgIpc) is 2.77.